The number of esters is 1. The van der Waals surface area contributed by atoms with Gasteiger partial charge in [-0.05, 0) is 30.3 Å². The Morgan fingerprint density at radius 1 is 1.37 bits per heavy atom. The maximum atomic E-state index is 11.3. The lowest BCUT2D eigenvalue weighted by atomic mass is 10.0. The highest BCUT2D eigenvalue weighted by molar-refractivity contribution is 7.99. The first-order valence-corrected chi connectivity index (χ1v) is 7.83. The van der Waals surface area contributed by atoms with Gasteiger partial charge in [0, 0.05) is 11.8 Å². The molecule has 1 rings (SSSR count). The summed E-state index contributed by atoms with van der Waals surface area (Å²) in [5.41, 5.74) is 2.21. The largest absolute Gasteiger partial charge is 0.469 e. The molecule has 0 bridgehead atoms. The van der Waals surface area contributed by atoms with E-state index in [1.807, 2.05) is 30.0 Å². The van der Waals surface area contributed by atoms with Crippen LogP contribution in [-0.2, 0) is 22.5 Å². The van der Waals surface area contributed by atoms with Crippen molar-refractivity contribution in [2.24, 2.45) is 0 Å². The lowest BCUT2D eigenvalue weighted by molar-refractivity contribution is -0.139. The van der Waals surface area contributed by atoms with Gasteiger partial charge in [-0.25, -0.2) is 0 Å². The van der Waals surface area contributed by atoms with Crippen LogP contribution in [0.4, 0.5) is 0 Å². The molecule has 0 heterocycles. The van der Waals surface area contributed by atoms with Crippen molar-refractivity contribution in [3.8, 4) is 0 Å². The third kappa shape index (κ3) is 6.12. The topological polar surface area (TPSA) is 38.3 Å². The number of benzene rings is 1. The Hall–Kier alpha value is -1.00. The average Bonchev–Trinajstić information content (AvgIpc) is 2.44. The number of nitrogens with one attached hydrogen (secondary N) is 1. The van der Waals surface area contributed by atoms with E-state index >= 15 is 0 Å². The molecule has 0 fully saturated rings. The van der Waals surface area contributed by atoms with E-state index in [0.29, 0.717) is 11.7 Å². The summed E-state index contributed by atoms with van der Waals surface area (Å²) in [6.45, 7) is 4.03. The van der Waals surface area contributed by atoms with E-state index in [2.05, 4.69) is 24.6 Å². The molecule has 1 unspecified atom stereocenters. The Morgan fingerprint density at radius 3 is 2.68 bits per heavy atom. The number of ether oxygens (including phenoxy) is 1. The van der Waals surface area contributed by atoms with Gasteiger partial charge in [-0.1, -0.05) is 31.2 Å². The Balaban J connectivity index is 2.46. The van der Waals surface area contributed by atoms with Crippen molar-refractivity contribution in [1.29, 1.82) is 0 Å². The second-order valence-corrected chi connectivity index (χ2v) is 5.81. The SMILES string of the molecule is COC(=O)Cc1ccccc1CNCCC(C)SC. The molecule has 1 aromatic rings. The molecule has 0 aliphatic rings. The molecule has 0 aliphatic carbocycles. The lowest BCUT2D eigenvalue weighted by Crippen LogP contribution is -2.19. The first-order chi connectivity index (χ1) is 9.17. The van der Waals surface area contributed by atoms with Crippen molar-refractivity contribution in [1.82, 2.24) is 5.32 Å². The van der Waals surface area contributed by atoms with Crippen molar-refractivity contribution in [2.75, 3.05) is 19.9 Å². The van der Waals surface area contributed by atoms with E-state index in [1.54, 1.807) is 0 Å². The molecule has 0 amide bonds. The summed E-state index contributed by atoms with van der Waals surface area (Å²) in [6, 6.07) is 8.00. The number of carbonyl (C=O) groups is 1. The van der Waals surface area contributed by atoms with Crippen LogP contribution in [0.2, 0.25) is 0 Å². The van der Waals surface area contributed by atoms with Crippen LogP contribution >= 0.6 is 11.8 Å². The Kier molecular flexibility index (Phi) is 7.60. The lowest BCUT2D eigenvalue weighted by Gasteiger charge is -2.11. The summed E-state index contributed by atoms with van der Waals surface area (Å²) < 4.78 is 4.72. The Labute approximate surface area is 120 Å². The van der Waals surface area contributed by atoms with E-state index in [4.69, 9.17) is 4.74 Å². The maximum Gasteiger partial charge on any atom is 0.309 e. The van der Waals surface area contributed by atoms with Crippen LogP contribution in [0, 0.1) is 0 Å². The third-order valence-electron chi connectivity index (χ3n) is 3.13. The highest BCUT2D eigenvalue weighted by Crippen LogP contribution is 2.11. The molecule has 0 aromatic heterocycles. The smallest absolute Gasteiger partial charge is 0.309 e. The zero-order valence-electron chi connectivity index (χ0n) is 11.9. The molecule has 1 aromatic carbocycles. The molecule has 0 saturated carbocycles. The normalized spacial score (nSPS) is 12.2. The minimum atomic E-state index is -0.191. The van der Waals surface area contributed by atoms with E-state index < -0.39 is 0 Å². The second kappa shape index (κ2) is 8.99. The third-order valence-corrected chi connectivity index (χ3v) is 4.17. The number of hydrogen-bond acceptors (Lipinski definition) is 4. The molecular formula is C15H23NO2S. The Morgan fingerprint density at radius 2 is 2.05 bits per heavy atom. The summed E-state index contributed by atoms with van der Waals surface area (Å²) in [7, 11) is 1.42. The molecule has 1 atom stereocenters. The fraction of sp³-hybridized carbons (Fsp3) is 0.533. The van der Waals surface area contributed by atoms with Crippen LogP contribution in [0.5, 0.6) is 0 Å². The highest BCUT2D eigenvalue weighted by atomic mass is 32.2. The zero-order chi connectivity index (χ0) is 14.1. The number of hydrogen-bond donors (Lipinski definition) is 1. The highest BCUT2D eigenvalue weighted by Gasteiger charge is 2.07. The van der Waals surface area contributed by atoms with Crippen LogP contribution < -0.4 is 5.32 Å². The molecule has 0 radical (unpaired) electrons. The number of rotatable bonds is 8. The quantitative estimate of drug-likeness (QED) is 0.587. The molecule has 1 N–H and O–H groups in total. The van der Waals surface area contributed by atoms with Crippen LogP contribution in [0.15, 0.2) is 24.3 Å². The van der Waals surface area contributed by atoms with Gasteiger partial charge < -0.3 is 10.1 Å². The van der Waals surface area contributed by atoms with Gasteiger partial charge in [0.15, 0.2) is 0 Å². The first kappa shape index (κ1) is 16.1. The van der Waals surface area contributed by atoms with E-state index in [-0.39, 0.29) is 5.97 Å². The summed E-state index contributed by atoms with van der Waals surface area (Å²) in [5, 5.41) is 4.11. The average molecular weight is 281 g/mol. The van der Waals surface area contributed by atoms with E-state index in [1.165, 1.54) is 12.7 Å². The minimum absolute atomic E-state index is 0.191. The molecule has 19 heavy (non-hydrogen) atoms. The molecule has 0 spiro atoms. The van der Waals surface area contributed by atoms with Gasteiger partial charge in [0.1, 0.15) is 0 Å². The fourth-order valence-corrected chi connectivity index (χ4v) is 2.13. The van der Waals surface area contributed by atoms with Crippen molar-refractivity contribution in [2.45, 2.75) is 31.6 Å². The maximum absolute atomic E-state index is 11.3. The van der Waals surface area contributed by atoms with Gasteiger partial charge in [-0.3, -0.25) is 4.79 Å². The molecule has 0 aliphatic heterocycles. The summed E-state index contributed by atoms with van der Waals surface area (Å²) in [5.74, 6) is -0.191. The minimum Gasteiger partial charge on any atom is -0.469 e. The van der Waals surface area contributed by atoms with E-state index in [0.717, 1.165) is 25.1 Å². The second-order valence-electron chi connectivity index (χ2n) is 4.53. The number of methoxy groups -OCH3 is 1. The predicted octanol–water partition coefficient (Wildman–Crippen LogP) is 2.63. The summed E-state index contributed by atoms with van der Waals surface area (Å²) in [6.07, 6.45) is 3.63. The van der Waals surface area contributed by atoms with E-state index in [9.17, 15) is 4.79 Å². The molecule has 106 valence electrons. The standard InChI is InChI=1S/C15H23NO2S/c1-12(19-3)8-9-16-11-14-7-5-4-6-13(14)10-15(17)18-2/h4-7,12,16H,8-11H2,1-3H3. The number of carbonyl (C=O) groups excluding carboxylic acids is 1. The van der Waals surface area contributed by atoms with Gasteiger partial charge >= 0.3 is 5.97 Å². The molecular weight excluding hydrogens is 258 g/mol. The van der Waals surface area contributed by atoms with Crippen LogP contribution in [0.3, 0.4) is 0 Å². The van der Waals surface area contributed by atoms with Gasteiger partial charge in [-0.15, -0.1) is 0 Å². The summed E-state index contributed by atoms with van der Waals surface area (Å²) in [4.78, 5) is 11.3. The zero-order valence-corrected chi connectivity index (χ0v) is 12.8. The van der Waals surface area contributed by atoms with Crippen LogP contribution in [0.25, 0.3) is 0 Å². The monoisotopic (exact) mass is 281 g/mol. The van der Waals surface area contributed by atoms with Crippen molar-refractivity contribution < 1.29 is 9.53 Å². The predicted molar refractivity (Wildman–Crippen MR) is 81.5 cm³/mol. The Bertz CT molecular complexity index is 395. The van der Waals surface area contributed by atoms with Crippen LogP contribution in [-0.4, -0.2) is 31.1 Å². The molecule has 3 nitrogen and oxygen atoms in total. The van der Waals surface area contributed by atoms with Gasteiger partial charge in [0.2, 0.25) is 0 Å². The summed E-state index contributed by atoms with van der Waals surface area (Å²) >= 11 is 1.88. The molecule has 4 heteroatoms. The number of thioether (sulfide) groups is 1. The van der Waals surface area contributed by atoms with Crippen molar-refractivity contribution in [3.63, 3.8) is 0 Å². The fourth-order valence-electron chi connectivity index (χ4n) is 1.78. The van der Waals surface area contributed by atoms with Crippen molar-refractivity contribution >= 4 is 17.7 Å². The van der Waals surface area contributed by atoms with Crippen molar-refractivity contribution in [3.05, 3.63) is 35.4 Å². The first-order valence-electron chi connectivity index (χ1n) is 6.54. The van der Waals surface area contributed by atoms with Gasteiger partial charge in [-0.2, -0.15) is 11.8 Å². The molecule has 0 saturated heterocycles. The van der Waals surface area contributed by atoms with Gasteiger partial charge in [0.25, 0.3) is 0 Å². The van der Waals surface area contributed by atoms with Gasteiger partial charge in [0.05, 0.1) is 13.5 Å². The van der Waals surface area contributed by atoms with Crippen LogP contribution in [0.1, 0.15) is 24.5 Å².